The van der Waals surface area contributed by atoms with E-state index in [1.165, 1.54) is 0 Å². The smallest absolute Gasteiger partial charge is 0.219 e. The van der Waals surface area contributed by atoms with E-state index in [-0.39, 0.29) is 23.1 Å². The van der Waals surface area contributed by atoms with Crippen LogP contribution in [0.3, 0.4) is 0 Å². The van der Waals surface area contributed by atoms with Gasteiger partial charge in [0, 0.05) is 32.0 Å². The van der Waals surface area contributed by atoms with Crippen LogP contribution in [0, 0.1) is 5.41 Å². The maximum Gasteiger partial charge on any atom is 0.219 e. The molecule has 29 heavy (non-hydrogen) atoms. The summed E-state index contributed by atoms with van der Waals surface area (Å²) in [5.41, 5.74) is 7.34. The first kappa shape index (κ1) is 17.2. The fraction of sp³-hybridized carbons (Fsp3) is 0.579. The minimum atomic E-state index is -0.335. The number of nitrogens with one attached hydrogen (secondary N) is 1. The van der Waals surface area contributed by atoms with Crippen LogP contribution in [0.1, 0.15) is 13.8 Å². The predicted octanol–water partition coefficient (Wildman–Crippen LogP) is 0.719. The van der Waals surface area contributed by atoms with Crippen molar-refractivity contribution in [3.05, 3.63) is 12.4 Å². The molecule has 6 heterocycles. The Bertz CT molecular complexity index is 967. The van der Waals surface area contributed by atoms with Gasteiger partial charge in [-0.15, -0.1) is 0 Å². The molecule has 6 rings (SSSR count). The van der Waals surface area contributed by atoms with Crippen LogP contribution in [0.25, 0.3) is 11.4 Å². The molecule has 4 aliphatic heterocycles. The second kappa shape index (κ2) is 5.67. The van der Waals surface area contributed by atoms with Gasteiger partial charge in [0.25, 0.3) is 0 Å². The number of anilines is 4. The lowest BCUT2D eigenvalue weighted by atomic mass is 9.78. The number of ether oxygens (including phenoxy) is 2. The fourth-order valence-electron chi connectivity index (χ4n) is 4.68. The van der Waals surface area contributed by atoms with Crippen LogP contribution in [0.5, 0.6) is 0 Å². The summed E-state index contributed by atoms with van der Waals surface area (Å²) >= 11 is 0. The zero-order valence-electron chi connectivity index (χ0n) is 16.6. The standard InChI is InChI=1S/C19H24N8O2/c1-18(2)16-23-12-14(26-7-19(8-26)9-28-10-19)24-13(11-5-21-17(20)22-6-11)25-15(12)27(16)3-4-29-18/h5-6,16,23H,3-4,7-10H2,1-2H3,(H2,20,21,22). The molecule has 10 heteroatoms. The zero-order chi connectivity index (χ0) is 19.8. The maximum absolute atomic E-state index is 6.02. The Kier molecular flexibility index (Phi) is 3.35. The number of hydrogen-bond donors (Lipinski definition) is 2. The molecule has 3 fully saturated rings. The van der Waals surface area contributed by atoms with Crippen molar-refractivity contribution >= 4 is 23.3 Å². The highest BCUT2D eigenvalue weighted by atomic mass is 16.5. The van der Waals surface area contributed by atoms with Crippen molar-refractivity contribution in [3.8, 4) is 11.4 Å². The SMILES string of the molecule is CC1(C)OCCN2c3nc(-c4cnc(N)nc4)nc(N4CC5(COC5)C4)c3NC21. The Hall–Kier alpha value is -2.72. The van der Waals surface area contributed by atoms with Gasteiger partial charge in [-0.25, -0.2) is 19.9 Å². The molecule has 1 spiro atoms. The summed E-state index contributed by atoms with van der Waals surface area (Å²) in [6.07, 6.45) is 3.36. The summed E-state index contributed by atoms with van der Waals surface area (Å²) in [6.45, 7) is 9.20. The average molecular weight is 396 g/mol. The van der Waals surface area contributed by atoms with Gasteiger partial charge in [0.2, 0.25) is 5.95 Å². The number of nitrogens with two attached hydrogens (primary N) is 1. The van der Waals surface area contributed by atoms with E-state index in [4.69, 9.17) is 25.2 Å². The highest BCUT2D eigenvalue weighted by Crippen LogP contribution is 2.48. The van der Waals surface area contributed by atoms with E-state index in [2.05, 4.69) is 38.9 Å². The van der Waals surface area contributed by atoms with Crippen LogP contribution in [0.15, 0.2) is 12.4 Å². The molecule has 0 bridgehead atoms. The molecular formula is C19H24N8O2. The lowest BCUT2D eigenvalue weighted by Gasteiger charge is -2.55. The van der Waals surface area contributed by atoms with Crippen LogP contribution in [0.4, 0.5) is 23.3 Å². The lowest BCUT2D eigenvalue weighted by molar-refractivity contribution is -0.127. The van der Waals surface area contributed by atoms with E-state index in [9.17, 15) is 0 Å². The molecule has 2 aromatic rings. The number of hydrogen-bond acceptors (Lipinski definition) is 10. The van der Waals surface area contributed by atoms with E-state index < -0.39 is 0 Å². The number of fused-ring (bicyclic) bond motifs is 3. The van der Waals surface area contributed by atoms with Gasteiger partial charge < -0.3 is 30.3 Å². The summed E-state index contributed by atoms with van der Waals surface area (Å²) < 4.78 is 11.5. The number of nitrogens with zero attached hydrogens (tertiary/aromatic N) is 6. The Balaban J connectivity index is 1.44. The van der Waals surface area contributed by atoms with Crippen molar-refractivity contribution in [2.45, 2.75) is 25.6 Å². The van der Waals surface area contributed by atoms with Gasteiger partial charge in [0.1, 0.15) is 17.5 Å². The van der Waals surface area contributed by atoms with Crippen molar-refractivity contribution in [1.29, 1.82) is 0 Å². The van der Waals surface area contributed by atoms with E-state index in [0.717, 1.165) is 55.7 Å². The minimum absolute atomic E-state index is 0.0134. The number of aromatic nitrogens is 4. The zero-order valence-corrected chi connectivity index (χ0v) is 16.6. The van der Waals surface area contributed by atoms with E-state index in [0.29, 0.717) is 12.4 Å². The van der Waals surface area contributed by atoms with Crippen LogP contribution >= 0.6 is 0 Å². The van der Waals surface area contributed by atoms with Gasteiger partial charge in [-0.1, -0.05) is 0 Å². The predicted molar refractivity (Wildman–Crippen MR) is 108 cm³/mol. The lowest BCUT2D eigenvalue weighted by Crippen LogP contribution is -2.66. The van der Waals surface area contributed by atoms with E-state index in [1.807, 2.05) is 0 Å². The minimum Gasteiger partial charge on any atom is -0.380 e. The van der Waals surface area contributed by atoms with Gasteiger partial charge in [-0.2, -0.15) is 0 Å². The average Bonchev–Trinajstić information content (AvgIpc) is 3.00. The summed E-state index contributed by atoms with van der Waals surface area (Å²) in [7, 11) is 0. The molecular weight excluding hydrogens is 372 g/mol. The summed E-state index contributed by atoms with van der Waals surface area (Å²) in [5, 5.41) is 3.65. The molecule has 0 saturated carbocycles. The van der Waals surface area contributed by atoms with Gasteiger partial charge in [-0.3, -0.25) is 0 Å². The summed E-state index contributed by atoms with van der Waals surface area (Å²) in [5.74, 6) is 2.68. The summed E-state index contributed by atoms with van der Waals surface area (Å²) in [4.78, 5) is 22.6. The molecule has 0 aliphatic carbocycles. The Labute approximate surface area is 168 Å². The third kappa shape index (κ3) is 2.48. The Morgan fingerprint density at radius 2 is 1.86 bits per heavy atom. The molecule has 10 nitrogen and oxygen atoms in total. The van der Waals surface area contributed by atoms with Gasteiger partial charge in [0.05, 0.1) is 30.8 Å². The summed E-state index contributed by atoms with van der Waals surface area (Å²) in [6, 6.07) is 0. The van der Waals surface area contributed by atoms with Crippen molar-refractivity contribution in [1.82, 2.24) is 19.9 Å². The molecule has 0 amide bonds. The third-order valence-electron chi connectivity index (χ3n) is 6.30. The second-order valence-electron chi connectivity index (χ2n) is 8.94. The van der Waals surface area contributed by atoms with E-state index >= 15 is 0 Å². The number of morpholine rings is 1. The first-order valence-corrected chi connectivity index (χ1v) is 9.94. The third-order valence-corrected chi connectivity index (χ3v) is 6.30. The highest BCUT2D eigenvalue weighted by molar-refractivity contribution is 5.86. The molecule has 0 radical (unpaired) electrons. The first-order valence-electron chi connectivity index (χ1n) is 9.94. The monoisotopic (exact) mass is 396 g/mol. The van der Waals surface area contributed by atoms with Crippen LogP contribution < -0.4 is 20.9 Å². The van der Waals surface area contributed by atoms with Crippen LogP contribution in [0.2, 0.25) is 0 Å². The quantitative estimate of drug-likeness (QED) is 0.752. The molecule has 3 N–H and O–H groups in total. The fourth-order valence-corrected chi connectivity index (χ4v) is 4.68. The van der Waals surface area contributed by atoms with Crippen LogP contribution in [-0.2, 0) is 9.47 Å². The molecule has 0 aromatic carbocycles. The highest BCUT2D eigenvalue weighted by Gasteiger charge is 2.52. The Morgan fingerprint density at radius 3 is 2.55 bits per heavy atom. The molecule has 1 unspecified atom stereocenters. The van der Waals surface area contributed by atoms with Gasteiger partial charge in [0.15, 0.2) is 17.5 Å². The van der Waals surface area contributed by atoms with Crippen LogP contribution in [-0.4, -0.2) is 71.2 Å². The molecule has 4 aliphatic rings. The molecule has 2 aromatic heterocycles. The maximum atomic E-state index is 6.02. The number of nitrogen functional groups attached to an aromatic ring is 1. The molecule has 3 saturated heterocycles. The molecule has 152 valence electrons. The topological polar surface area (TPSA) is 115 Å². The molecule has 1 atom stereocenters. The largest absolute Gasteiger partial charge is 0.380 e. The van der Waals surface area contributed by atoms with Gasteiger partial charge in [-0.05, 0) is 13.8 Å². The van der Waals surface area contributed by atoms with Crippen molar-refractivity contribution in [2.75, 3.05) is 60.3 Å². The van der Waals surface area contributed by atoms with Crippen molar-refractivity contribution < 1.29 is 9.47 Å². The first-order chi connectivity index (χ1) is 13.9. The Morgan fingerprint density at radius 1 is 1.14 bits per heavy atom. The second-order valence-corrected chi connectivity index (χ2v) is 8.94. The van der Waals surface area contributed by atoms with Crippen molar-refractivity contribution in [3.63, 3.8) is 0 Å². The van der Waals surface area contributed by atoms with Crippen molar-refractivity contribution in [2.24, 2.45) is 5.41 Å². The number of rotatable bonds is 2. The van der Waals surface area contributed by atoms with Gasteiger partial charge >= 0.3 is 0 Å². The normalized spacial score (nSPS) is 25.7. The van der Waals surface area contributed by atoms with E-state index in [1.54, 1.807) is 12.4 Å².